The minimum absolute atomic E-state index is 0.0241. The minimum Gasteiger partial charge on any atom is -0.444 e. The average Bonchev–Trinajstić information content (AvgIpc) is 2.42. The van der Waals surface area contributed by atoms with Crippen molar-refractivity contribution >= 4 is 16.2 Å². The Balaban J connectivity index is 2.09. The molecule has 1 aliphatic rings. The number of rotatable bonds is 4. The molecule has 1 aromatic carbocycles. The molecule has 0 bridgehead atoms. The lowest BCUT2D eigenvalue weighted by atomic mass is 9.87. The van der Waals surface area contributed by atoms with Gasteiger partial charge in [0.2, 0.25) is 0 Å². The maximum Gasteiger partial charge on any atom is 0.408 e. The van der Waals surface area contributed by atoms with E-state index in [4.69, 9.17) is 8.92 Å². The van der Waals surface area contributed by atoms with Gasteiger partial charge in [0.1, 0.15) is 5.60 Å². The fourth-order valence-electron chi connectivity index (χ4n) is 2.73. The van der Waals surface area contributed by atoms with E-state index < -0.39 is 21.8 Å². The van der Waals surface area contributed by atoms with Crippen molar-refractivity contribution in [3.05, 3.63) is 34.9 Å². The number of hydrogen-bond donors (Lipinski definition) is 1. The first-order valence-corrected chi connectivity index (χ1v) is 9.81. The number of amides is 1. The lowest BCUT2D eigenvalue weighted by Crippen LogP contribution is -2.36. The summed E-state index contributed by atoms with van der Waals surface area (Å²) >= 11 is 0. The second kappa shape index (κ2) is 7.11. The van der Waals surface area contributed by atoms with Gasteiger partial charge in [0.25, 0.3) is 10.1 Å². The van der Waals surface area contributed by atoms with Gasteiger partial charge in [0.15, 0.2) is 0 Å². The zero-order valence-corrected chi connectivity index (χ0v) is 15.4. The van der Waals surface area contributed by atoms with E-state index in [-0.39, 0.29) is 12.6 Å². The van der Waals surface area contributed by atoms with Gasteiger partial charge in [-0.3, -0.25) is 4.18 Å². The molecular formula is C17H25NO5S. The molecule has 7 heteroatoms. The molecule has 1 atom stereocenters. The van der Waals surface area contributed by atoms with Crippen LogP contribution in [-0.4, -0.2) is 26.4 Å². The highest BCUT2D eigenvalue weighted by molar-refractivity contribution is 7.85. The van der Waals surface area contributed by atoms with E-state index in [0.29, 0.717) is 0 Å². The van der Waals surface area contributed by atoms with Crippen LogP contribution in [-0.2, 0) is 32.1 Å². The van der Waals surface area contributed by atoms with Gasteiger partial charge in [0, 0.05) is 0 Å². The molecule has 24 heavy (non-hydrogen) atoms. The summed E-state index contributed by atoms with van der Waals surface area (Å²) in [6.07, 6.45) is 3.31. The van der Waals surface area contributed by atoms with E-state index in [2.05, 4.69) is 5.32 Å². The zero-order chi connectivity index (χ0) is 18.0. The third-order valence-electron chi connectivity index (χ3n) is 3.65. The van der Waals surface area contributed by atoms with Gasteiger partial charge in [-0.05, 0) is 56.7 Å². The Morgan fingerprint density at radius 1 is 1.33 bits per heavy atom. The number of hydrogen-bond acceptors (Lipinski definition) is 5. The first-order chi connectivity index (χ1) is 11.0. The van der Waals surface area contributed by atoms with Gasteiger partial charge in [-0.15, -0.1) is 0 Å². The van der Waals surface area contributed by atoms with Crippen molar-refractivity contribution in [2.24, 2.45) is 0 Å². The monoisotopic (exact) mass is 355 g/mol. The molecule has 1 aliphatic carbocycles. The van der Waals surface area contributed by atoms with Crippen molar-refractivity contribution < 1.29 is 22.1 Å². The summed E-state index contributed by atoms with van der Waals surface area (Å²) < 4.78 is 32.3. The van der Waals surface area contributed by atoms with Crippen LogP contribution in [0.5, 0.6) is 0 Å². The summed E-state index contributed by atoms with van der Waals surface area (Å²) in [4.78, 5) is 12.0. The van der Waals surface area contributed by atoms with Gasteiger partial charge in [-0.1, -0.05) is 18.2 Å². The van der Waals surface area contributed by atoms with Crippen LogP contribution in [0.4, 0.5) is 4.79 Å². The van der Waals surface area contributed by atoms with E-state index in [1.165, 1.54) is 0 Å². The SMILES string of the molecule is CC(C)(C)OC(=O)NC1CCCc2cc(COS(C)(=O)=O)ccc21. The van der Waals surface area contributed by atoms with Gasteiger partial charge >= 0.3 is 6.09 Å². The quantitative estimate of drug-likeness (QED) is 0.840. The molecule has 0 saturated carbocycles. The molecule has 0 aliphatic heterocycles. The fourth-order valence-corrected chi connectivity index (χ4v) is 3.08. The molecule has 0 fully saturated rings. The van der Waals surface area contributed by atoms with Crippen molar-refractivity contribution in [2.45, 2.75) is 58.3 Å². The molecule has 0 saturated heterocycles. The largest absolute Gasteiger partial charge is 0.444 e. The predicted molar refractivity (Wildman–Crippen MR) is 91.1 cm³/mol. The number of fused-ring (bicyclic) bond motifs is 1. The minimum atomic E-state index is -3.46. The second-order valence-electron chi connectivity index (χ2n) is 7.09. The Kier molecular flexibility index (Phi) is 5.55. The topological polar surface area (TPSA) is 81.7 Å². The summed E-state index contributed by atoms with van der Waals surface area (Å²) in [6.45, 7) is 5.51. The van der Waals surface area contributed by atoms with Crippen LogP contribution in [0, 0.1) is 0 Å². The number of ether oxygens (including phenoxy) is 1. The van der Waals surface area contributed by atoms with Gasteiger partial charge in [0.05, 0.1) is 18.9 Å². The fraction of sp³-hybridized carbons (Fsp3) is 0.588. The lowest BCUT2D eigenvalue weighted by molar-refractivity contribution is 0.0498. The summed E-state index contributed by atoms with van der Waals surface area (Å²) in [5.41, 5.74) is 2.43. The number of carbonyl (C=O) groups is 1. The smallest absolute Gasteiger partial charge is 0.408 e. The van der Waals surface area contributed by atoms with E-state index in [1.54, 1.807) is 0 Å². The number of carbonyl (C=O) groups excluding carboxylic acids is 1. The van der Waals surface area contributed by atoms with Crippen molar-refractivity contribution in [2.75, 3.05) is 6.26 Å². The first-order valence-electron chi connectivity index (χ1n) is 7.99. The van der Waals surface area contributed by atoms with E-state index in [9.17, 15) is 13.2 Å². The van der Waals surface area contributed by atoms with E-state index in [0.717, 1.165) is 42.2 Å². The molecule has 0 aromatic heterocycles. The molecule has 6 nitrogen and oxygen atoms in total. The van der Waals surface area contributed by atoms with Crippen molar-refractivity contribution in [1.29, 1.82) is 0 Å². The Bertz CT molecular complexity index is 706. The number of benzene rings is 1. The second-order valence-corrected chi connectivity index (χ2v) is 8.73. The van der Waals surface area contributed by atoms with Crippen LogP contribution in [0.2, 0.25) is 0 Å². The molecule has 1 aromatic rings. The maximum atomic E-state index is 12.0. The molecule has 1 amide bonds. The molecule has 0 heterocycles. The van der Waals surface area contributed by atoms with Crippen LogP contribution in [0.1, 0.15) is 56.3 Å². The summed E-state index contributed by atoms with van der Waals surface area (Å²) in [7, 11) is -3.46. The normalized spacial score (nSPS) is 17.9. The third-order valence-corrected chi connectivity index (χ3v) is 4.20. The van der Waals surface area contributed by atoms with Crippen LogP contribution in [0.25, 0.3) is 0 Å². The molecule has 1 N–H and O–H groups in total. The lowest BCUT2D eigenvalue weighted by Gasteiger charge is -2.28. The first kappa shape index (κ1) is 18.7. The van der Waals surface area contributed by atoms with Crippen LogP contribution in [0.15, 0.2) is 18.2 Å². The molecule has 1 unspecified atom stereocenters. The van der Waals surface area contributed by atoms with E-state index >= 15 is 0 Å². The number of alkyl carbamates (subject to hydrolysis) is 1. The van der Waals surface area contributed by atoms with Crippen molar-refractivity contribution in [3.8, 4) is 0 Å². The Labute approximate surface area is 143 Å². The van der Waals surface area contributed by atoms with Crippen molar-refractivity contribution in [3.63, 3.8) is 0 Å². The predicted octanol–water partition coefficient (Wildman–Crippen LogP) is 3.06. The number of nitrogens with one attached hydrogen (secondary N) is 1. The van der Waals surface area contributed by atoms with Crippen LogP contribution in [0.3, 0.4) is 0 Å². The molecule has 0 spiro atoms. The highest BCUT2D eigenvalue weighted by Gasteiger charge is 2.24. The molecule has 2 rings (SSSR count). The zero-order valence-electron chi connectivity index (χ0n) is 14.6. The summed E-state index contributed by atoms with van der Waals surface area (Å²) in [5, 5.41) is 2.92. The highest BCUT2D eigenvalue weighted by Crippen LogP contribution is 2.31. The molecule has 134 valence electrons. The van der Waals surface area contributed by atoms with Crippen molar-refractivity contribution in [1.82, 2.24) is 5.32 Å². The number of aryl methyl sites for hydroxylation is 1. The van der Waals surface area contributed by atoms with Crippen LogP contribution >= 0.6 is 0 Å². The third kappa shape index (κ3) is 5.79. The highest BCUT2D eigenvalue weighted by atomic mass is 32.2. The van der Waals surface area contributed by atoms with Crippen LogP contribution < -0.4 is 5.32 Å². The standard InChI is InChI=1S/C17H25NO5S/c1-17(2,3)23-16(19)18-15-7-5-6-13-10-12(8-9-14(13)15)11-22-24(4,20)21/h8-10,15H,5-7,11H2,1-4H3,(H,18,19). The summed E-state index contributed by atoms with van der Waals surface area (Å²) in [6, 6.07) is 5.62. The Hall–Kier alpha value is -1.60. The Morgan fingerprint density at radius 3 is 2.67 bits per heavy atom. The summed E-state index contributed by atoms with van der Waals surface area (Å²) in [5.74, 6) is 0. The maximum absolute atomic E-state index is 12.0. The van der Waals surface area contributed by atoms with Gasteiger partial charge in [-0.25, -0.2) is 4.79 Å². The Morgan fingerprint density at radius 2 is 2.04 bits per heavy atom. The molecular weight excluding hydrogens is 330 g/mol. The van der Waals surface area contributed by atoms with Gasteiger partial charge in [-0.2, -0.15) is 8.42 Å². The van der Waals surface area contributed by atoms with Gasteiger partial charge < -0.3 is 10.1 Å². The molecule has 0 radical (unpaired) electrons. The van der Waals surface area contributed by atoms with E-state index in [1.807, 2.05) is 39.0 Å². The average molecular weight is 355 g/mol.